The summed E-state index contributed by atoms with van der Waals surface area (Å²) in [5.74, 6) is 0.0802. The quantitative estimate of drug-likeness (QED) is 0.269. The van der Waals surface area contributed by atoms with E-state index in [1.165, 1.54) is 4.90 Å². The molecule has 204 valence electrons. The van der Waals surface area contributed by atoms with Gasteiger partial charge in [-0.15, -0.1) is 0 Å². The zero-order chi connectivity index (χ0) is 27.4. The molecule has 4 aliphatic heterocycles. The molecule has 5 atom stereocenters. The molecular formula is C31H30N4O5. The highest BCUT2D eigenvalue weighted by atomic mass is 16.7. The molecule has 0 unspecified atom stereocenters. The van der Waals surface area contributed by atoms with E-state index in [4.69, 9.17) is 25.4 Å². The lowest BCUT2D eigenvalue weighted by Gasteiger charge is -2.29. The van der Waals surface area contributed by atoms with Gasteiger partial charge in [0.15, 0.2) is 11.5 Å². The maximum atomic E-state index is 14.0. The minimum Gasteiger partial charge on any atom is -0.454 e. The van der Waals surface area contributed by atoms with E-state index in [2.05, 4.69) is 4.90 Å². The number of fused-ring (bicyclic) bond motifs is 4. The molecule has 7 rings (SSSR count). The van der Waals surface area contributed by atoms with Gasteiger partial charge >= 0.3 is 0 Å². The third-order valence-electron chi connectivity index (χ3n) is 8.62. The summed E-state index contributed by atoms with van der Waals surface area (Å²) in [6.07, 6.45) is 0.642. The number of amides is 2. The molecule has 0 bridgehead atoms. The highest BCUT2D eigenvalue weighted by Crippen LogP contribution is 2.53. The fourth-order valence-electron chi connectivity index (χ4n) is 6.79. The predicted molar refractivity (Wildman–Crippen MR) is 145 cm³/mol. The van der Waals surface area contributed by atoms with Crippen LogP contribution in [0, 0.1) is 17.2 Å². The minimum absolute atomic E-state index is 0.00806. The summed E-state index contributed by atoms with van der Waals surface area (Å²) >= 11 is 0. The lowest BCUT2D eigenvalue weighted by Crippen LogP contribution is -2.39. The number of ether oxygens (including phenoxy) is 3. The number of amidine groups is 1. The molecule has 3 saturated heterocycles. The van der Waals surface area contributed by atoms with Crippen molar-refractivity contribution in [2.45, 2.75) is 37.8 Å². The van der Waals surface area contributed by atoms with Crippen LogP contribution >= 0.6 is 0 Å². The Hall–Kier alpha value is -4.21. The van der Waals surface area contributed by atoms with Crippen molar-refractivity contribution in [1.82, 2.24) is 9.80 Å². The minimum atomic E-state index is -0.482. The Bertz CT molecular complexity index is 1480. The molecule has 3 fully saturated rings. The molecular weight excluding hydrogens is 508 g/mol. The van der Waals surface area contributed by atoms with Crippen molar-refractivity contribution in [2.75, 3.05) is 13.3 Å². The van der Waals surface area contributed by atoms with E-state index in [-0.39, 0.29) is 49.2 Å². The van der Waals surface area contributed by atoms with Crippen molar-refractivity contribution >= 4 is 17.6 Å². The number of hydrogen-bond acceptors (Lipinski definition) is 7. The number of carbonyl (C=O) groups excluding carboxylic acids is 2. The van der Waals surface area contributed by atoms with E-state index in [0.717, 1.165) is 16.7 Å². The molecule has 2 amide bonds. The Balaban J connectivity index is 1.17. The molecule has 3 aromatic rings. The Labute approximate surface area is 231 Å². The second-order valence-corrected chi connectivity index (χ2v) is 10.9. The number of imide groups is 1. The Morgan fingerprint density at radius 1 is 0.925 bits per heavy atom. The van der Waals surface area contributed by atoms with E-state index < -0.39 is 11.8 Å². The Kier molecular flexibility index (Phi) is 6.05. The lowest BCUT2D eigenvalue weighted by atomic mass is 9.84. The summed E-state index contributed by atoms with van der Waals surface area (Å²) in [4.78, 5) is 31.6. The van der Waals surface area contributed by atoms with Gasteiger partial charge in [-0.3, -0.25) is 24.8 Å². The number of hydrogen-bond donors (Lipinski definition) is 2. The van der Waals surface area contributed by atoms with Crippen LogP contribution in [0.5, 0.6) is 11.5 Å². The first-order valence-corrected chi connectivity index (χ1v) is 13.6. The molecule has 4 aliphatic rings. The molecule has 0 radical (unpaired) electrons. The van der Waals surface area contributed by atoms with Gasteiger partial charge in [-0.05, 0) is 35.2 Å². The second-order valence-electron chi connectivity index (χ2n) is 10.9. The summed E-state index contributed by atoms with van der Waals surface area (Å²) in [5, 5.41) is 7.76. The average Bonchev–Trinajstić information content (AvgIpc) is 3.72. The van der Waals surface area contributed by atoms with Crippen LogP contribution in [0.15, 0.2) is 72.8 Å². The zero-order valence-corrected chi connectivity index (χ0v) is 21.9. The predicted octanol–water partition coefficient (Wildman–Crippen LogP) is 3.22. The first kappa shape index (κ1) is 24.8. The standard InChI is InChI=1S/C31H30N4O5/c32-29(33)21-9-7-20(8-10-21)28-27-26(23-13-22(15-34(23)28)38-16-18-4-2-1-3-5-18)30(36)35(31(27)37)14-19-6-11-24-25(12-19)40-17-39-24/h1-12,22-23,26-28H,13-17H2,(H3,32,33)/t22-,23-,26-,27-,28-/m0/s1. The molecule has 3 N–H and O–H groups in total. The highest BCUT2D eigenvalue weighted by molar-refractivity contribution is 6.06. The second kappa shape index (κ2) is 9.76. The van der Waals surface area contributed by atoms with Crippen LogP contribution in [0.25, 0.3) is 0 Å². The highest BCUT2D eigenvalue weighted by Gasteiger charge is 2.64. The van der Waals surface area contributed by atoms with Gasteiger partial charge in [0.1, 0.15) is 5.84 Å². The smallest absolute Gasteiger partial charge is 0.235 e. The number of carbonyl (C=O) groups is 2. The van der Waals surface area contributed by atoms with E-state index in [1.54, 1.807) is 0 Å². The summed E-state index contributed by atoms with van der Waals surface area (Å²) in [6.45, 7) is 1.51. The normalized spacial score (nSPS) is 26.8. The lowest BCUT2D eigenvalue weighted by molar-refractivity contribution is -0.142. The molecule has 0 saturated carbocycles. The van der Waals surface area contributed by atoms with Crippen LogP contribution in [0.4, 0.5) is 0 Å². The number of likely N-dealkylation sites (tertiary alicyclic amines) is 1. The van der Waals surface area contributed by atoms with Crippen molar-refractivity contribution in [3.05, 3.63) is 95.1 Å². The molecule has 40 heavy (non-hydrogen) atoms. The van der Waals surface area contributed by atoms with Crippen LogP contribution in [0.3, 0.4) is 0 Å². The monoisotopic (exact) mass is 538 g/mol. The fourth-order valence-corrected chi connectivity index (χ4v) is 6.79. The molecule has 9 heteroatoms. The topological polar surface area (TPSA) is 118 Å². The van der Waals surface area contributed by atoms with Crippen molar-refractivity contribution in [2.24, 2.45) is 17.6 Å². The fraction of sp³-hybridized carbons (Fsp3) is 0.323. The van der Waals surface area contributed by atoms with Gasteiger partial charge in [0.05, 0.1) is 31.1 Å². The van der Waals surface area contributed by atoms with Crippen LogP contribution < -0.4 is 15.2 Å². The van der Waals surface area contributed by atoms with Crippen molar-refractivity contribution in [3.8, 4) is 11.5 Å². The van der Waals surface area contributed by atoms with Gasteiger partial charge in [0.2, 0.25) is 18.6 Å². The summed E-state index contributed by atoms with van der Waals surface area (Å²) in [7, 11) is 0. The van der Waals surface area contributed by atoms with E-state index >= 15 is 0 Å². The van der Waals surface area contributed by atoms with Crippen LogP contribution in [-0.2, 0) is 27.5 Å². The van der Waals surface area contributed by atoms with E-state index in [0.29, 0.717) is 36.6 Å². The summed E-state index contributed by atoms with van der Waals surface area (Å²) in [6, 6.07) is 22.7. The van der Waals surface area contributed by atoms with Crippen LogP contribution in [-0.4, -0.2) is 52.9 Å². The number of nitrogen functional groups attached to an aromatic ring is 1. The van der Waals surface area contributed by atoms with Gasteiger partial charge in [-0.1, -0.05) is 60.7 Å². The zero-order valence-electron chi connectivity index (χ0n) is 21.9. The molecule has 4 heterocycles. The van der Waals surface area contributed by atoms with Gasteiger partial charge < -0.3 is 19.9 Å². The third kappa shape index (κ3) is 4.13. The first-order valence-electron chi connectivity index (χ1n) is 13.6. The number of benzene rings is 3. The third-order valence-corrected chi connectivity index (χ3v) is 8.62. The van der Waals surface area contributed by atoms with Gasteiger partial charge in [-0.2, -0.15) is 0 Å². The summed E-state index contributed by atoms with van der Waals surface area (Å²) < 4.78 is 17.2. The number of nitrogens with one attached hydrogen (secondary N) is 1. The maximum absolute atomic E-state index is 14.0. The Morgan fingerprint density at radius 2 is 1.68 bits per heavy atom. The van der Waals surface area contributed by atoms with Crippen LogP contribution in [0.2, 0.25) is 0 Å². The Morgan fingerprint density at radius 3 is 2.45 bits per heavy atom. The van der Waals surface area contributed by atoms with Gasteiger partial charge in [0, 0.05) is 24.2 Å². The molecule has 9 nitrogen and oxygen atoms in total. The number of nitrogens with two attached hydrogens (primary N) is 1. The van der Waals surface area contributed by atoms with Gasteiger partial charge in [0.25, 0.3) is 0 Å². The molecule has 0 aliphatic carbocycles. The van der Waals surface area contributed by atoms with Crippen LogP contribution in [0.1, 0.15) is 34.7 Å². The molecule has 3 aromatic carbocycles. The average molecular weight is 539 g/mol. The first-order chi connectivity index (χ1) is 19.5. The maximum Gasteiger partial charge on any atom is 0.235 e. The number of rotatable bonds is 7. The van der Waals surface area contributed by atoms with E-state index in [1.807, 2.05) is 72.8 Å². The van der Waals surface area contributed by atoms with Gasteiger partial charge in [-0.25, -0.2) is 0 Å². The number of nitrogens with zero attached hydrogens (tertiary/aromatic N) is 2. The largest absolute Gasteiger partial charge is 0.454 e. The molecule has 0 aromatic heterocycles. The van der Waals surface area contributed by atoms with Crippen molar-refractivity contribution < 1.29 is 23.8 Å². The molecule has 0 spiro atoms. The SMILES string of the molecule is N=C(N)c1ccc([C@H]2[C@H]3C(=O)N(Cc4ccc5c(c4)OCO5)C(=O)[C@H]3[C@@H]3C[C@H](OCc4ccccc4)CN32)cc1. The summed E-state index contributed by atoms with van der Waals surface area (Å²) in [5.41, 5.74) is 9.18. The van der Waals surface area contributed by atoms with E-state index in [9.17, 15) is 9.59 Å². The van der Waals surface area contributed by atoms with Crippen molar-refractivity contribution in [1.29, 1.82) is 5.41 Å². The van der Waals surface area contributed by atoms with Crippen molar-refractivity contribution in [3.63, 3.8) is 0 Å².